The summed E-state index contributed by atoms with van der Waals surface area (Å²) in [5.41, 5.74) is 1.31. The number of carbonyl (C=O) groups is 1. The van der Waals surface area contributed by atoms with Crippen LogP contribution in [0, 0.1) is 0 Å². The Labute approximate surface area is 139 Å². The van der Waals surface area contributed by atoms with Gasteiger partial charge in [0.1, 0.15) is 0 Å². The second kappa shape index (κ2) is 6.93. The van der Waals surface area contributed by atoms with Gasteiger partial charge in [-0.2, -0.15) is 0 Å². The largest absolute Gasteiger partial charge is 0.478 e. The van der Waals surface area contributed by atoms with Gasteiger partial charge in [0.05, 0.1) is 5.56 Å². The number of rotatable bonds is 4. The molecule has 6 nitrogen and oxygen atoms in total. The smallest absolute Gasteiger partial charge is 0.338 e. The molecule has 1 fully saturated rings. The van der Waals surface area contributed by atoms with E-state index in [0.717, 1.165) is 37.7 Å². The molecule has 0 saturated carbocycles. The van der Waals surface area contributed by atoms with E-state index < -0.39 is 5.97 Å². The number of benzene rings is 1. The van der Waals surface area contributed by atoms with Crippen LogP contribution in [0.1, 0.15) is 15.9 Å². The van der Waals surface area contributed by atoms with Gasteiger partial charge in [-0.15, -0.1) is 0 Å². The fourth-order valence-electron chi connectivity index (χ4n) is 2.59. The Morgan fingerprint density at radius 2 is 1.87 bits per heavy atom. The van der Waals surface area contributed by atoms with E-state index in [1.54, 1.807) is 0 Å². The van der Waals surface area contributed by atoms with E-state index in [1.165, 1.54) is 18.0 Å². The zero-order valence-electron chi connectivity index (χ0n) is 12.5. The second-order valence-corrected chi connectivity index (χ2v) is 5.91. The Morgan fingerprint density at radius 1 is 1.17 bits per heavy atom. The lowest BCUT2D eigenvalue weighted by molar-refractivity contribution is 0.0696. The Balaban J connectivity index is 1.56. The van der Waals surface area contributed by atoms with E-state index in [-0.39, 0.29) is 5.56 Å². The van der Waals surface area contributed by atoms with Crippen molar-refractivity contribution in [3.05, 3.63) is 52.8 Å². The SMILES string of the molecule is O=C(O)c1cnc(N2CCN(Cc3cccc(Cl)c3)CC2)nc1. The molecule has 1 saturated heterocycles. The normalized spacial score (nSPS) is 15.6. The van der Waals surface area contributed by atoms with Gasteiger partial charge in [0, 0.05) is 50.1 Å². The van der Waals surface area contributed by atoms with Gasteiger partial charge in [-0.3, -0.25) is 4.90 Å². The zero-order chi connectivity index (χ0) is 16.2. The third-order valence-corrected chi connectivity index (χ3v) is 4.07. The van der Waals surface area contributed by atoms with Crippen molar-refractivity contribution in [3.63, 3.8) is 0 Å². The van der Waals surface area contributed by atoms with Gasteiger partial charge in [-0.1, -0.05) is 23.7 Å². The summed E-state index contributed by atoms with van der Waals surface area (Å²) in [6.45, 7) is 4.29. The molecule has 120 valence electrons. The number of carboxylic acid groups (broad SMARTS) is 1. The van der Waals surface area contributed by atoms with Gasteiger partial charge in [0.15, 0.2) is 0 Å². The number of aromatic carboxylic acids is 1. The number of hydrogen-bond acceptors (Lipinski definition) is 5. The standard InChI is InChI=1S/C16H17ClN4O2/c17-14-3-1-2-12(8-14)11-20-4-6-21(7-5-20)16-18-9-13(10-19-16)15(22)23/h1-3,8-10H,4-7,11H2,(H,22,23). The summed E-state index contributed by atoms with van der Waals surface area (Å²) in [6.07, 6.45) is 2.70. The molecule has 0 atom stereocenters. The number of anilines is 1. The highest BCUT2D eigenvalue weighted by atomic mass is 35.5. The van der Waals surface area contributed by atoms with E-state index in [9.17, 15) is 4.79 Å². The fraction of sp³-hybridized carbons (Fsp3) is 0.312. The minimum absolute atomic E-state index is 0.105. The highest BCUT2D eigenvalue weighted by Gasteiger charge is 2.19. The van der Waals surface area contributed by atoms with Crippen molar-refractivity contribution in [2.24, 2.45) is 0 Å². The molecule has 0 aliphatic carbocycles. The fourth-order valence-corrected chi connectivity index (χ4v) is 2.81. The van der Waals surface area contributed by atoms with Gasteiger partial charge >= 0.3 is 5.97 Å². The summed E-state index contributed by atoms with van der Waals surface area (Å²) in [5, 5.41) is 9.63. The number of carboxylic acids is 1. The highest BCUT2D eigenvalue weighted by molar-refractivity contribution is 6.30. The first-order chi connectivity index (χ1) is 11.1. The topological polar surface area (TPSA) is 69.6 Å². The summed E-state index contributed by atoms with van der Waals surface area (Å²) >= 11 is 6.02. The molecular weight excluding hydrogens is 316 g/mol. The van der Waals surface area contributed by atoms with Crippen LogP contribution in [-0.4, -0.2) is 52.1 Å². The monoisotopic (exact) mass is 332 g/mol. The van der Waals surface area contributed by atoms with Crippen molar-refractivity contribution < 1.29 is 9.90 Å². The molecule has 0 amide bonds. The first-order valence-electron chi connectivity index (χ1n) is 7.39. The Bertz CT molecular complexity index is 685. The number of piperazine rings is 1. The highest BCUT2D eigenvalue weighted by Crippen LogP contribution is 2.15. The predicted molar refractivity (Wildman–Crippen MR) is 87.9 cm³/mol. The molecule has 23 heavy (non-hydrogen) atoms. The minimum atomic E-state index is -1.01. The van der Waals surface area contributed by atoms with Crippen LogP contribution in [0.5, 0.6) is 0 Å². The molecule has 0 unspecified atom stereocenters. The summed E-state index contributed by atoms with van der Waals surface area (Å²) in [5.74, 6) is -0.430. The average Bonchev–Trinajstić information content (AvgIpc) is 2.56. The molecule has 1 N–H and O–H groups in total. The van der Waals surface area contributed by atoms with E-state index >= 15 is 0 Å². The van der Waals surface area contributed by atoms with Gasteiger partial charge < -0.3 is 10.0 Å². The van der Waals surface area contributed by atoms with Crippen LogP contribution in [0.25, 0.3) is 0 Å². The van der Waals surface area contributed by atoms with Crippen molar-refractivity contribution in [3.8, 4) is 0 Å². The van der Waals surface area contributed by atoms with Crippen LogP contribution in [0.15, 0.2) is 36.7 Å². The predicted octanol–water partition coefficient (Wildman–Crippen LogP) is 2.15. The lowest BCUT2D eigenvalue weighted by atomic mass is 10.2. The quantitative estimate of drug-likeness (QED) is 0.925. The van der Waals surface area contributed by atoms with E-state index in [0.29, 0.717) is 5.95 Å². The van der Waals surface area contributed by atoms with E-state index in [1.807, 2.05) is 18.2 Å². The van der Waals surface area contributed by atoms with Crippen LogP contribution in [-0.2, 0) is 6.54 Å². The summed E-state index contributed by atoms with van der Waals surface area (Å²) in [4.78, 5) is 23.5. The molecule has 0 radical (unpaired) electrons. The van der Waals surface area contributed by atoms with Crippen molar-refractivity contribution >= 4 is 23.5 Å². The molecule has 2 heterocycles. The molecule has 7 heteroatoms. The molecule has 2 aromatic rings. The third-order valence-electron chi connectivity index (χ3n) is 3.84. The first kappa shape index (κ1) is 15.7. The Morgan fingerprint density at radius 3 is 2.48 bits per heavy atom. The number of halogens is 1. The van der Waals surface area contributed by atoms with Gasteiger partial charge in [0.2, 0.25) is 5.95 Å². The van der Waals surface area contributed by atoms with Gasteiger partial charge in [0.25, 0.3) is 0 Å². The van der Waals surface area contributed by atoms with Gasteiger partial charge in [-0.05, 0) is 17.7 Å². The summed E-state index contributed by atoms with van der Waals surface area (Å²) < 4.78 is 0. The molecule has 1 aliphatic heterocycles. The van der Waals surface area contributed by atoms with Crippen molar-refractivity contribution in [1.29, 1.82) is 0 Å². The van der Waals surface area contributed by atoms with Crippen LogP contribution in [0.2, 0.25) is 5.02 Å². The first-order valence-corrected chi connectivity index (χ1v) is 7.77. The van der Waals surface area contributed by atoms with Crippen LogP contribution in [0.3, 0.4) is 0 Å². The second-order valence-electron chi connectivity index (χ2n) is 5.47. The minimum Gasteiger partial charge on any atom is -0.478 e. The van der Waals surface area contributed by atoms with Crippen molar-refractivity contribution in [2.45, 2.75) is 6.54 Å². The summed E-state index contributed by atoms with van der Waals surface area (Å²) in [7, 11) is 0. The molecule has 1 aliphatic rings. The number of hydrogen-bond donors (Lipinski definition) is 1. The molecule has 3 rings (SSSR count). The molecule has 0 bridgehead atoms. The molecule has 0 spiro atoms. The zero-order valence-corrected chi connectivity index (χ0v) is 13.3. The third kappa shape index (κ3) is 3.97. The molecule has 1 aromatic carbocycles. The maximum absolute atomic E-state index is 10.8. The maximum atomic E-state index is 10.8. The van der Waals surface area contributed by atoms with Crippen LogP contribution < -0.4 is 4.90 Å². The maximum Gasteiger partial charge on any atom is 0.338 e. The number of aromatic nitrogens is 2. The summed E-state index contributed by atoms with van der Waals surface area (Å²) in [6, 6.07) is 7.90. The van der Waals surface area contributed by atoms with Gasteiger partial charge in [-0.25, -0.2) is 14.8 Å². The van der Waals surface area contributed by atoms with Crippen molar-refractivity contribution in [2.75, 3.05) is 31.1 Å². The van der Waals surface area contributed by atoms with E-state index in [2.05, 4.69) is 25.8 Å². The van der Waals surface area contributed by atoms with Crippen molar-refractivity contribution in [1.82, 2.24) is 14.9 Å². The molecular formula is C16H17ClN4O2. The lowest BCUT2D eigenvalue weighted by Crippen LogP contribution is -2.46. The van der Waals surface area contributed by atoms with Crippen LogP contribution >= 0.6 is 11.6 Å². The number of nitrogens with zero attached hydrogens (tertiary/aromatic N) is 4. The Kier molecular flexibility index (Phi) is 4.73. The molecule has 1 aromatic heterocycles. The van der Waals surface area contributed by atoms with E-state index in [4.69, 9.17) is 16.7 Å². The Hall–Kier alpha value is -2.18. The lowest BCUT2D eigenvalue weighted by Gasteiger charge is -2.34. The van der Waals surface area contributed by atoms with Crippen LogP contribution in [0.4, 0.5) is 5.95 Å². The average molecular weight is 333 g/mol.